The van der Waals surface area contributed by atoms with Gasteiger partial charge < -0.3 is 9.72 Å². The molecule has 0 saturated heterocycles. The van der Waals surface area contributed by atoms with Crippen molar-refractivity contribution < 1.29 is 13.2 Å². The van der Waals surface area contributed by atoms with Gasteiger partial charge in [0.05, 0.1) is 6.61 Å². The average molecular weight is 292 g/mol. The molecular formula is C10H16N2O4S2. The number of rotatable bonds is 6. The van der Waals surface area contributed by atoms with E-state index in [0.29, 0.717) is 18.8 Å². The van der Waals surface area contributed by atoms with Crippen molar-refractivity contribution in [1.29, 1.82) is 0 Å². The Labute approximate surface area is 110 Å². The number of aromatic nitrogens is 1. The van der Waals surface area contributed by atoms with Gasteiger partial charge in [-0.15, -0.1) is 0 Å². The van der Waals surface area contributed by atoms with Crippen molar-refractivity contribution in [2.75, 3.05) is 20.3 Å². The molecule has 0 radical (unpaired) electrons. The summed E-state index contributed by atoms with van der Waals surface area (Å²) in [4.78, 5) is 13.4. The number of hydrogen-bond donors (Lipinski definition) is 1. The fourth-order valence-corrected chi connectivity index (χ4v) is 4.87. The molecule has 1 fully saturated rings. The molecule has 1 N–H and O–H groups in total. The molecule has 0 aromatic carbocycles. The standard InChI is InChI=1S/C10H16N2O4S2/c1-7-9(17-10(13)11-7)18(14,15)12(5-6-16-2)8-3-4-8/h8H,3-6H2,1-2H3,(H,11,13). The van der Waals surface area contributed by atoms with Crippen molar-refractivity contribution in [3.8, 4) is 0 Å². The van der Waals surface area contributed by atoms with Gasteiger partial charge in [0.15, 0.2) is 4.21 Å². The lowest BCUT2D eigenvalue weighted by Crippen LogP contribution is -2.35. The Morgan fingerprint density at radius 2 is 2.17 bits per heavy atom. The predicted octanol–water partition coefficient (Wildman–Crippen LogP) is 0.544. The van der Waals surface area contributed by atoms with Gasteiger partial charge in [0.25, 0.3) is 10.0 Å². The third-order valence-corrected chi connectivity index (χ3v) is 6.33. The second-order valence-electron chi connectivity index (χ2n) is 4.27. The van der Waals surface area contributed by atoms with Crippen LogP contribution < -0.4 is 4.87 Å². The molecule has 18 heavy (non-hydrogen) atoms. The maximum absolute atomic E-state index is 12.5. The van der Waals surface area contributed by atoms with E-state index in [2.05, 4.69) is 4.98 Å². The molecule has 0 bridgehead atoms. The minimum absolute atomic E-state index is 0.0572. The molecule has 1 heterocycles. The third kappa shape index (κ3) is 2.66. The molecule has 2 rings (SSSR count). The predicted molar refractivity (Wildman–Crippen MR) is 68.5 cm³/mol. The molecule has 0 amide bonds. The number of hydrogen-bond acceptors (Lipinski definition) is 5. The first-order chi connectivity index (χ1) is 8.46. The fraction of sp³-hybridized carbons (Fsp3) is 0.700. The van der Waals surface area contributed by atoms with Crippen molar-refractivity contribution in [2.45, 2.75) is 30.0 Å². The summed E-state index contributed by atoms with van der Waals surface area (Å²) in [6.45, 7) is 2.29. The van der Waals surface area contributed by atoms with E-state index in [-0.39, 0.29) is 15.1 Å². The van der Waals surface area contributed by atoms with E-state index in [0.717, 1.165) is 24.2 Å². The maximum Gasteiger partial charge on any atom is 0.305 e. The van der Waals surface area contributed by atoms with Gasteiger partial charge in [0.2, 0.25) is 0 Å². The number of H-pyrrole nitrogens is 1. The smallest absolute Gasteiger partial charge is 0.305 e. The summed E-state index contributed by atoms with van der Waals surface area (Å²) >= 11 is 0.747. The van der Waals surface area contributed by atoms with Crippen LogP contribution in [-0.2, 0) is 14.8 Å². The summed E-state index contributed by atoms with van der Waals surface area (Å²) in [6.07, 6.45) is 1.75. The van der Waals surface area contributed by atoms with Gasteiger partial charge in [-0.1, -0.05) is 11.3 Å². The van der Waals surface area contributed by atoms with Gasteiger partial charge in [0.1, 0.15) is 0 Å². The lowest BCUT2D eigenvalue weighted by atomic mass is 10.6. The molecule has 1 aromatic rings. The Balaban J connectivity index is 2.32. The molecule has 1 aliphatic carbocycles. The van der Waals surface area contributed by atoms with E-state index in [1.165, 1.54) is 11.4 Å². The molecule has 0 spiro atoms. The number of ether oxygens (including phenoxy) is 1. The summed E-state index contributed by atoms with van der Waals surface area (Å²) in [5.41, 5.74) is 0.410. The van der Waals surface area contributed by atoms with E-state index in [4.69, 9.17) is 4.74 Å². The normalized spacial score (nSPS) is 16.4. The summed E-state index contributed by atoms with van der Waals surface area (Å²) in [5.74, 6) is 0. The van der Waals surface area contributed by atoms with Crippen molar-refractivity contribution in [2.24, 2.45) is 0 Å². The first-order valence-electron chi connectivity index (χ1n) is 5.67. The fourth-order valence-electron chi connectivity index (χ4n) is 1.79. The molecule has 1 aliphatic rings. The molecule has 102 valence electrons. The van der Waals surface area contributed by atoms with Crippen LogP contribution in [0, 0.1) is 6.92 Å². The number of aryl methyl sites for hydroxylation is 1. The zero-order valence-corrected chi connectivity index (χ0v) is 11.9. The number of sulfonamides is 1. The van der Waals surface area contributed by atoms with Crippen LogP contribution in [0.25, 0.3) is 0 Å². The van der Waals surface area contributed by atoms with Crippen LogP contribution in [0.2, 0.25) is 0 Å². The van der Waals surface area contributed by atoms with Crippen LogP contribution in [0.15, 0.2) is 9.00 Å². The Kier molecular flexibility index (Phi) is 3.90. The Morgan fingerprint density at radius 3 is 2.61 bits per heavy atom. The van der Waals surface area contributed by atoms with Gasteiger partial charge >= 0.3 is 4.87 Å². The van der Waals surface area contributed by atoms with Gasteiger partial charge in [0, 0.05) is 25.4 Å². The zero-order chi connectivity index (χ0) is 13.3. The number of aromatic amines is 1. The minimum atomic E-state index is -3.58. The van der Waals surface area contributed by atoms with E-state index < -0.39 is 10.0 Å². The van der Waals surface area contributed by atoms with Crippen LogP contribution >= 0.6 is 11.3 Å². The van der Waals surface area contributed by atoms with Gasteiger partial charge in [-0.05, 0) is 19.8 Å². The highest BCUT2D eigenvalue weighted by atomic mass is 32.2. The number of methoxy groups -OCH3 is 1. The monoisotopic (exact) mass is 292 g/mol. The van der Waals surface area contributed by atoms with Crippen LogP contribution in [0.5, 0.6) is 0 Å². The Bertz CT molecular complexity index is 571. The van der Waals surface area contributed by atoms with Crippen LogP contribution in [0.3, 0.4) is 0 Å². The summed E-state index contributed by atoms with van der Waals surface area (Å²) in [7, 11) is -2.04. The molecule has 6 nitrogen and oxygen atoms in total. The second-order valence-corrected chi connectivity index (χ2v) is 7.34. The van der Waals surface area contributed by atoms with Crippen molar-refractivity contribution >= 4 is 21.4 Å². The largest absolute Gasteiger partial charge is 0.383 e. The minimum Gasteiger partial charge on any atom is -0.383 e. The molecule has 8 heteroatoms. The molecular weight excluding hydrogens is 276 g/mol. The topological polar surface area (TPSA) is 79.5 Å². The van der Waals surface area contributed by atoms with E-state index in [9.17, 15) is 13.2 Å². The lowest BCUT2D eigenvalue weighted by molar-refractivity contribution is 0.177. The first-order valence-corrected chi connectivity index (χ1v) is 7.93. The molecule has 0 atom stereocenters. The second kappa shape index (κ2) is 5.12. The van der Waals surface area contributed by atoms with Crippen LogP contribution in [0.4, 0.5) is 0 Å². The zero-order valence-electron chi connectivity index (χ0n) is 10.3. The van der Waals surface area contributed by atoms with E-state index in [1.54, 1.807) is 6.92 Å². The highest BCUT2D eigenvalue weighted by Crippen LogP contribution is 2.33. The number of thiazole rings is 1. The summed E-state index contributed by atoms with van der Waals surface area (Å²) < 4.78 is 31.5. The van der Waals surface area contributed by atoms with Crippen LogP contribution in [0.1, 0.15) is 18.5 Å². The molecule has 1 aromatic heterocycles. The van der Waals surface area contributed by atoms with E-state index >= 15 is 0 Å². The first kappa shape index (κ1) is 13.7. The number of nitrogens with zero attached hydrogens (tertiary/aromatic N) is 1. The molecule has 0 unspecified atom stereocenters. The maximum atomic E-state index is 12.5. The van der Waals surface area contributed by atoms with E-state index in [1.807, 2.05) is 0 Å². The lowest BCUT2D eigenvalue weighted by Gasteiger charge is -2.20. The van der Waals surface area contributed by atoms with Crippen molar-refractivity contribution in [3.05, 3.63) is 15.4 Å². The van der Waals surface area contributed by atoms with Crippen LogP contribution in [-0.4, -0.2) is 44.0 Å². The molecule has 1 saturated carbocycles. The Morgan fingerprint density at radius 1 is 1.50 bits per heavy atom. The van der Waals surface area contributed by atoms with Gasteiger partial charge in [-0.25, -0.2) is 8.42 Å². The summed E-state index contributed by atoms with van der Waals surface area (Å²) in [5, 5.41) is 0. The van der Waals surface area contributed by atoms with Crippen molar-refractivity contribution in [3.63, 3.8) is 0 Å². The SMILES string of the molecule is COCCN(C1CC1)S(=O)(=O)c1sc(=O)[nH]c1C. The van der Waals surface area contributed by atoms with Crippen molar-refractivity contribution in [1.82, 2.24) is 9.29 Å². The Hall–Kier alpha value is -0.700. The third-order valence-electron chi connectivity index (χ3n) is 2.79. The van der Waals surface area contributed by atoms with Gasteiger partial charge in [-0.2, -0.15) is 4.31 Å². The quantitative estimate of drug-likeness (QED) is 0.830. The average Bonchev–Trinajstić information content (AvgIpc) is 3.04. The highest BCUT2D eigenvalue weighted by molar-refractivity contribution is 7.91. The highest BCUT2D eigenvalue weighted by Gasteiger charge is 2.39. The number of nitrogens with one attached hydrogen (secondary N) is 1. The van der Waals surface area contributed by atoms with Gasteiger partial charge in [-0.3, -0.25) is 4.79 Å². The summed E-state index contributed by atoms with van der Waals surface area (Å²) in [6, 6.07) is 0.0572. The molecule has 0 aliphatic heterocycles.